The fourth-order valence-corrected chi connectivity index (χ4v) is 3.37. The second kappa shape index (κ2) is 5.90. The summed E-state index contributed by atoms with van der Waals surface area (Å²) in [5.74, 6) is -0.414. The molecule has 7 heteroatoms. The minimum absolute atomic E-state index is 0.0215. The van der Waals surface area contributed by atoms with Crippen molar-refractivity contribution in [2.24, 2.45) is 0 Å². The molecular formula is C17H22N4O3. The highest BCUT2D eigenvalue weighted by molar-refractivity contribution is 6.07. The molecule has 0 aromatic heterocycles. The monoisotopic (exact) mass is 330 g/mol. The molecule has 128 valence electrons. The van der Waals surface area contributed by atoms with E-state index in [2.05, 4.69) is 29.8 Å². The second-order valence-corrected chi connectivity index (χ2v) is 6.79. The quantitative estimate of drug-likeness (QED) is 0.691. The molecule has 7 nitrogen and oxygen atoms in total. The molecule has 3 N–H and O–H groups in total. The van der Waals surface area contributed by atoms with Crippen LogP contribution in [0.2, 0.25) is 0 Å². The zero-order chi connectivity index (χ0) is 17.5. The molecule has 2 saturated heterocycles. The zero-order valence-electron chi connectivity index (χ0n) is 14.1. The molecular weight excluding hydrogens is 308 g/mol. The van der Waals surface area contributed by atoms with E-state index < -0.39 is 17.5 Å². The minimum atomic E-state index is -1.10. The molecule has 0 aliphatic carbocycles. The van der Waals surface area contributed by atoms with Gasteiger partial charge in [0.25, 0.3) is 11.8 Å². The number of rotatable bonds is 2. The predicted octanol–water partition coefficient (Wildman–Crippen LogP) is 0.564. The van der Waals surface area contributed by atoms with Gasteiger partial charge in [0.1, 0.15) is 5.54 Å². The topological polar surface area (TPSA) is 90.5 Å². The molecule has 3 atom stereocenters. The molecule has 3 rings (SSSR count). The maximum absolute atomic E-state index is 12.7. The van der Waals surface area contributed by atoms with Crippen molar-refractivity contribution in [3.05, 3.63) is 35.4 Å². The minimum Gasteiger partial charge on any atom is -0.336 e. The third kappa shape index (κ3) is 2.87. The van der Waals surface area contributed by atoms with Crippen molar-refractivity contribution in [3.63, 3.8) is 0 Å². The standard InChI is InChI=1S/C17H22N4O3/c1-10-8-21(9-11(2)18-10)14(22)12-4-6-13(7-5-12)17(3)15(23)19-16(24)20-17/h4-7,10-11,18H,8-9H2,1-3H3,(H2,19,20,23,24)/t10-,11-,17+/m1/s1. The predicted molar refractivity (Wildman–Crippen MR) is 88.4 cm³/mol. The van der Waals surface area contributed by atoms with Crippen LogP contribution in [-0.2, 0) is 10.3 Å². The first-order valence-electron chi connectivity index (χ1n) is 8.09. The Morgan fingerprint density at radius 3 is 2.21 bits per heavy atom. The van der Waals surface area contributed by atoms with Gasteiger partial charge in [0.15, 0.2) is 0 Å². The van der Waals surface area contributed by atoms with Gasteiger partial charge in [-0.1, -0.05) is 12.1 Å². The van der Waals surface area contributed by atoms with Crippen LogP contribution in [-0.4, -0.2) is 47.9 Å². The van der Waals surface area contributed by atoms with Crippen LogP contribution in [0.4, 0.5) is 4.79 Å². The van der Waals surface area contributed by atoms with Crippen LogP contribution in [0.3, 0.4) is 0 Å². The molecule has 0 unspecified atom stereocenters. The number of benzene rings is 1. The first-order chi connectivity index (χ1) is 11.3. The van der Waals surface area contributed by atoms with Gasteiger partial charge in [0.2, 0.25) is 0 Å². The van der Waals surface area contributed by atoms with E-state index in [1.807, 2.05) is 4.90 Å². The third-order valence-electron chi connectivity index (χ3n) is 4.60. The Hall–Kier alpha value is -2.41. The van der Waals surface area contributed by atoms with Crippen LogP contribution in [0.15, 0.2) is 24.3 Å². The van der Waals surface area contributed by atoms with Gasteiger partial charge >= 0.3 is 6.03 Å². The molecule has 0 radical (unpaired) electrons. The Morgan fingerprint density at radius 2 is 1.71 bits per heavy atom. The Bertz CT molecular complexity index is 678. The second-order valence-electron chi connectivity index (χ2n) is 6.79. The number of nitrogens with zero attached hydrogens (tertiary/aromatic N) is 1. The molecule has 2 heterocycles. The van der Waals surface area contributed by atoms with Crippen molar-refractivity contribution in [1.29, 1.82) is 0 Å². The van der Waals surface area contributed by atoms with E-state index >= 15 is 0 Å². The first kappa shape index (κ1) is 16.4. The van der Waals surface area contributed by atoms with Gasteiger partial charge in [0, 0.05) is 30.7 Å². The fourth-order valence-electron chi connectivity index (χ4n) is 3.37. The normalized spacial score (nSPS) is 30.0. The summed E-state index contributed by atoms with van der Waals surface area (Å²) in [4.78, 5) is 37.9. The molecule has 2 aliphatic heterocycles. The van der Waals surface area contributed by atoms with Gasteiger partial charge in [0.05, 0.1) is 0 Å². The van der Waals surface area contributed by atoms with Crippen molar-refractivity contribution in [1.82, 2.24) is 20.9 Å². The first-order valence-corrected chi connectivity index (χ1v) is 8.09. The Morgan fingerprint density at radius 1 is 1.12 bits per heavy atom. The number of piperazine rings is 1. The van der Waals surface area contributed by atoms with Gasteiger partial charge in [-0.05, 0) is 38.5 Å². The van der Waals surface area contributed by atoms with Gasteiger partial charge in [-0.15, -0.1) is 0 Å². The highest BCUT2D eigenvalue weighted by Crippen LogP contribution is 2.25. The van der Waals surface area contributed by atoms with Crippen LogP contribution in [0.25, 0.3) is 0 Å². The van der Waals surface area contributed by atoms with E-state index in [1.54, 1.807) is 31.2 Å². The lowest BCUT2D eigenvalue weighted by Gasteiger charge is -2.36. The Labute approximate surface area is 140 Å². The van der Waals surface area contributed by atoms with E-state index in [-0.39, 0.29) is 18.0 Å². The third-order valence-corrected chi connectivity index (χ3v) is 4.60. The molecule has 0 bridgehead atoms. The van der Waals surface area contributed by atoms with Gasteiger partial charge in [-0.3, -0.25) is 14.9 Å². The summed E-state index contributed by atoms with van der Waals surface area (Å²) in [6, 6.07) is 6.85. The number of urea groups is 1. The van der Waals surface area contributed by atoms with Gasteiger partial charge in [-0.2, -0.15) is 0 Å². The van der Waals surface area contributed by atoms with E-state index in [0.717, 1.165) is 0 Å². The summed E-state index contributed by atoms with van der Waals surface area (Å²) >= 11 is 0. The Kier molecular flexibility index (Phi) is 4.04. The SMILES string of the molecule is C[C@@H]1CN(C(=O)c2ccc([C@]3(C)NC(=O)NC3=O)cc2)C[C@@H](C)N1. The lowest BCUT2D eigenvalue weighted by molar-refractivity contribution is -0.123. The Balaban J connectivity index is 1.78. The molecule has 4 amide bonds. The lowest BCUT2D eigenvalue weighted by atomic mass is 9.91. The summed E-state index contributed by atoms with van der Waals surface area (Å²) < 4.78 is 0. The highest BCUT2D eigenvalue weighted by atomic mass is 16.2. The van der Waals surface area contributed by atoms with Crippen LogP contribution < -0.4 is 16.0 Å². The van der Waals surface area contributed by atoms with Gasteiger partial charge in [-0.25, -0.2) is 4.79 Å². The maximum Gasteiger partial charge on any atom is 0.322 e. The number of nitrogens with one attached hydrogen (secondary N) is 3. The number of hydrogen-bond acceptors (Lipinski definition) is 4. The number of carbonyl (C=O) groups excluding carboxylic acids is 3. The maximum atomic E-state index is 12.7. The molecule has 24 heavy (non-hydrogen) atoms. The molecule has 0 saturated carbocycles. The van der Waals surface area contributed by atoms with Crippen molar-refractivity contribution in [2.45, 2.75) is 38.4 Å². The number of imide groups is 1. The molecule has 2 fully saturated rings. The van der Waals surface area contributed by atoms with E-state index in [4.69, 9.17) is 0 Å². The highest BCUT2D eigenvalue weighted by Gasteiger charge is 2.43. The van der Waals surface area contributed by atoms with Crippen molar-refractivity contribution < 1.29 is 14.4 Å². The van der Waals surface area contributed by atoms with Crippen molar-refractivity contribution >= 4 is 17.8 Å². The molecule has 2 aliphatic rings. The number of amides is 4. The summed E-state index contributed by atoms with van der Waals surface area (Å²) in [5.41, 5.74) is 0.120. The van der Waals surface area contributed by atoms with Crippen LogP contribution in [0.5, 0.6) is 0 Å². The lowest BCUT2D eigenvalue weighted by Crippen LogP contribution is -2.55. The largest absolute Gasteiger partial charge is 0.336 e. The molecule has 1 aromatic rings. The number of carbonyl (C=O) groups is 3. The summed E-state index contributed by atoms with van der Waals surface area (Å²) in [5, 5.41) is 8.25. The van der Waals surface area contributed by atoms with Crippen LogP contribution >= 0.6 is 0 Å². The molecule has 1 aromatic carbocycles. The van der Waals surface area contributed by atoms with E-state index in [0.29, 0.717) is 24.2 Å². The van der Waals surface area contributed by atoms with Crippen LogP contribution in [0.1, 0.15) is 36.7 Å². The van der Waals surface area contributed by atoms with E-state index in [1.165, 1.54) is 0 Å². The zero-order valence-corrected chi connectivity index (χ0v) is 14.1. The van der Waals surface area contributed by atoms with Crippen molar-refractivity contribution in [2.75, 3.05) is 13.1 Å². The van der Waals surface area contributed by atoms with Crippen LogP contribution in [0, 0.1) is 0 Å². The summed E-state index contributed by atoms with van der Waals surface area (Å²) in [6.45, 7) is 7.09. The number of hydrogen-bond donors (Lipinski definition) is 3. The average molecular weight is 330 g/mol. The van der Waals surface area contributed by atoms with Crippen molar-refractivity contribution in [3.8, 4) is 0 Å². The summed E-state index contributed by atoms with van der Waals surface area (Å²) in [7, 11) is 0. The average Bonchev–Trinajstić information content (AvgIpc) is 2.79. The summed E-state index contributed by atoms with van der Waals surface area (Å²) in [6.07, 6.45) is 0. The smallest absolute Gasteiger partial charge is 0.322 e. The van der Waals surface area contributed by atoms with Gasteiger partial charge < -0.3 is 15.5 Å². The molecule has 0 spiro atoms. The van der Waals surface area contributed by atoms with E-state index in [9.17, 15) is 14.4 Å². The fraction of sp³-hybridized carbons (Fsp3) is 0.471.